The van der Waals surface area contributed by atoms with Crippen LogP contribution in [0.1, 0.15) is 22.2 Å². The van der Waals surface area contributed by atoms with Crippen molar-refractivity contribution in [2.24, 2.45) is 0 Å². The molecule has 0 atom stereocenters. The lowest BCUT2D eigenvalue weighted by Gasteiger charge is -2.07. The average molecular weight is 500 g/mol. The molecule has 1 heterocycles. The van der Waals surface area contributed by atoms with Crippen molar-refractivity contribution in [3.8, 4) is 0 Å². The first-order chi connectivity index (χ1) is 14.7. The fourth-order valence-corrected chi connectivity index (χ4v) is 5.22. The summed E-state index contributed by atoms with van der Waals surface area (Å²) in [7, 11) is -3.43. The Balaban J connectivity index is 1.77. The zero-order valence-electron chi connectivity index (χ0n) is 16.4. The van der Waals surface area contributed by atoms with Crippen molar-refractivity contribution >= 4 is 66.8 Å². The van der Waals surface area contributed by atoms with E-state index in [0.717, 1.165) is 11.3 Å². The molecule has 31 heavy (non-hydrogen) atoms. The van der Waals surface area contributed by atoms with Crippen LogP contribution in [0.4, 0.5) is 16.6 Å². The monoisotopic (exact) mass is 499 g/mol. The van der Waals surface area contributed by atoms with Crippen LogP contribution < -0.4 is 11.1 Å². The van der Waals surface area contributed by atoms with Crippen LogP contribution >= 0.6 is 34.5 Å². The Labute approximate surface area is 194 Å². The van der Waals surface area contributed by atoms with Crippen LogP contribution in [0.5, 0.6) is 0 Å². The molecule has 0 radical (unpaired) electrons. The molecular formula is C20H19Cl2N3O4S2. The number of ketones is 1. The second-order valence-electron chi connectivity index (χ2n) is 6.32. The van der Waals surface area contributed by atoms with Gasteiger partial charge in [0.25, 0.3) is 0 Å². The molecule has 0 saturated carbocycles. The van der Waals surface area contributed by atoms with Gasteiger partial charge in [0, 0.05) is 12.3 Å². The van der Waals surface area contributed by atoms with Crippen molar-refractivity contribution in [2.75, 3.05) is 30.0 Å². The maximum Gasteiger partial charge on any atom is 0.209 e. The van der Waals surface area contributed by atoms with Crippen LogP contribution in [0.15, 0.2) is 47.4 Å². The predicted octanol–water partition coefficient (Wildman–Crippen LogP) is 4.82. The number of halogens is 2. The lowest BCUT2D eigenvalue weighted by molar-refractivity contribution is 0.104. The Bertz CT molecular complexity index is 1180. The predicted molar refractivity (Wildman–Crippen MR) is 125 cm³/mol. The molecule has 0 aliphatic rings. The molecule has 2 aromatic carbocycles. The molecule has 0 unspecified atom stereocenters. The third-order valence-electron chi connectivity index (χ3n) is 4.21. The number of nitrogens with zero attached hydrogens (tertiary/aromatic N) is 1. The van der Waals surface area contributed by atoms with E-state index in [2.05, 4.69) is 10.3 Å². The standard InChI is InChI=1S/C20H19Cl2N3O4S2/c1-2-29-10-11-31(27,28)13-8-6-12(7-9-13)24-20-25-19(23)18(30-20)17(26)16-14(21)4-3-5-15(16)22/h3-9H,2,10-11,23H2,1H3,(H,24,25). The molecule has 0 aliphatic heterocycles. The van der Waals surface area contributed by atoms with Crippen molar-refractivity contribution in [3.63, 3.8) is 0 Å². The number of carbonyl (C=O) groups excluding carboxylic acids is 1. The molecule has 0 aliphatic carbocycles. The Hall–Kier alpha value is -2.17. The van der Waals surface area contributed by atoms with E-state index < -0.39 is 15.6 Å². The van der Waals surface area contributed by atoms with Crippen molar-refractivity contribution < 1.29 is 17.9 Å². The molecule has 164 valence electrons. The minimum atomic E-state index is -3.43. The van der Waals surface area contributed by atoms with E-state index >= 15 is 0 Å². The van der Waals surface area contributed by atoms with Gasteiger partial charge in [-0.15, -0.1) is 0 Å². The van der Waals surface area contributed by atoms with Gasteiger partial charge in [-0.2, -0.15) is 0 Å². The van der Waals surface area contributed by atoms with Gasteiger partial charge < -0.3 is 15.8 Å². The number of sulfone groups is 1. The number of ether oxygens (including phenoxy) is 1. The number of thiazole rings is 1. The largest absolute Gasteiger partial charge is 0.382 e. The number of hydrogen-bond donors (Lipinski definition) is 2. The second-order valence-corrected chi connectivity index (χ2v) is 10.2. The summed E-state index contributed by atoms with van der Waals surface area (Å²) in [5.41, 5.74) is 6.69. The number of anilines is 3. The molecule has 0 fully saturated rings. The Kier molecular flexibility index (Phi) is 7.55. The Morgan fingerprint density at radius 2 is 1.81 bits per heavy atom. The normalized spacial score (nSPS) is 11.5. The van der Waals surface area contributed by atoms with Crippen molar-refractivity contribution in [1.29, 1.82) is 0 Å². The lowest BCUT2D eigenvalue weighted by atomic mass is 10.1. The molecule has 3 rings (SSSR count). The number of aromatic nitrogens is 1. The molecule has 7 nitrogen and oxygen atoms in total. The van der Waals surface area contributed by atoms with Gasteiger partial charge in [-0.25, -0.2) is 13.4 Å². The van der Waals surface area contributed by atoms with Gasteiger partial charge in [-0.1, -0.05) is 40.6 Å². The first kappa shape index (κ1) is 23.5. The molecule has 3 N–H and O–H groups in total. The van der Waals surface area contributed by atoms with Gasteiger partial charge >= 0.3 is 0 Å². The van der Waals surface area contributed by atoms with E-state index in [1.807, 2.05) is 0 Å². The molecule has 3 aromatic rings. The topological polar surface area (TPSA) is 111 Å². The van der Waals surface area contributed by atoms with Gasteiger partial charge in [-0.3, -0.25) is 4.79 Å². The molecule has 0 bridgehead atoms. The third-order valence-corrected chi connectivity index (χ3v) is 7.52. The molecule has 1 aromatic heterocycles. The molecule has 11 heteroatoms. The lowest BCUT2D eigenvalue weighted by Crippen LogP contribution is -2.12. The smallest absolute Gasteiger partial charge is 0.209 e. The Morgan fingerprint density at radius 1 is 1.16 bits per heavy atom. The number of carbonyl (C=O) groups is 1. The van der Waals surface area contributed by atoms with E-state index in [1.54, 1.807) is 37.3 Å². The second kappa shape index (κ2) is 9.97. The summed E-state index contributed by atoms with van der Waals surface area (Å²) >= 11 is 13.3. The minimum Gasteiger partial charge on any atom is -0.382 e. The summed E-state index contributed by atoms with van der Waals surface area (Å²) in [6.07, 6.45) is 0. The van der Waals surface area contributed by atoms with Gasteiger partial charge in [0.1, 0.15) is 10.7 Å². The van der Waals surface area contributed by atoms with Crippen LogP contribution in [-0.4, -0.2) is 38.2 Å². The van der Waals surface area contributed by atoms with Gasteiger partial charge in [0.05, 0.1) is 32.9 Å². The number of nitrogen functional groups attached to an aromatic ring is 1. The molecular weight excluding hydrogens is 481 g/mol. The number of nitrogens with two attached hydrogens (primary N) is 1. The zero-order valence-corrected chi connectivity index (χ0v) is 19.5. The highest BCUT2D eigenvalue weighted by Gasteiger charge is 2.22. The third kappa shape index (κ3) is 5.55. The maximum absolute atomic E-state index is 12.9. The summed E-state index contributed by atoms with van der Waals surface area (Å²) in [6, 6.07) is 11.0. The number of benzene rings is 2. The highest BCUT2D eigenvalue weighted by molar-refractivity contribution is 7.91. The van der Waals surface area contributed by atoms with Crippen molar-refractivity contribution in [3.05, 3.63) is 63.0 Å². The highest BCUT2D eigenvalue weighted by Crippen LogP contribution is 2.34. The van der Waals surface area contributed by atoms with Gasteiger partial charge in [0.2, 0.25) is 5.78 Å². The molecule has 0 spiro atoms. The SMILES string of the molecule is CCOCCS(=O)(=O)c1ccc(Nc2nc(N)c(C(=O)c3c(Cl)cccc3Cl)s2)cc1. The fraction of sp³-hybridized carbons (Fsp3) is 0.200. The summed E-state index contributed by atoms with van der Waals surface area (Å²) < 4.78 is 29.7. The average Bonchev–Trinajstić information content (AvgIpc) is 3.08. The highest BCUT2D eigenvalue weighted by atomic mass is 35.5. The van der Waals surface area contributed by atoms with Crippen molar-refractivity contribution in [2.45, 2.75) is 11.8 Å². The van der Waals surface area contributed by atoms with Crippen molar-refractivity contribution in [1.82, 2.24) is 4.98 Å². The van der Waals surface area contributed by atoms with Gasteiger partial charge in [0.15, 0.2) is 15.0 Å². The van der Waals surface area contributed by atoms with Crippen LogP contribution in [0, 0.1) is 0 Å². The minimum absolute atomic E-state index is 0.0450. The van der Waals surface area contributed by atoms with E-state index in [-0.39, 0.29) is 43.6 Å². The Morgan fingerprint density at radius 3 is 2.42 bits per heavy atom. The first-order valence-corrected chi connectivity index (χ1v) is 12.4. The van der Waals surface area contributed by atoms with Crippen LogP contribution in [0.2, 0.25) is 10.0 Å². The number of nitrogens with one attached hydrogen (secondary N) is 1. The van der Waals surface area contributed by atoms with E-state index in [4.69, 9.17) is 33.7 Å². The number of hydrogen-bond acceptors (Lipinski definition) is 8. The maximum atomic E-state index is 12.9. The molecule has 0 amide bonds. The summed E-state index contributed by atoms with van der Waals surface area (Å²) in [5.74, 6) is -0.467. The summed E-state index contributed by atoms with van der Waals surface area (Å²) in [4.78, 5) is 17.4. The van der Waals surface area contributed by atoms with Crippen LogP contribution in [-0.2, 0) is 14.6 Å². The van der Waals surface area contributed by atoms with Crippen LogP contribution in [0.25, 0.3) is 0 Å². The molecule has 0 saturated heterocycles. The number of rotatable bonds is 9. The quantitative estimate of drug-likeness (QED) is 0.320. The summed E-state index contributed by atoms with van der Waals surface area (Å²) in [5, 5.41) is 3.84. The zero-order chi connectivity index (χ0) is 22.6. The van der Waals surface area contributed by atoms with Crippen LogP contribution in [0.3, 0.4) is 0 Å². The van der Waals surface area contributed by atoms with E-state index in [1.165, 1.54) is 12.1 Å². The van der Waals surface area contributed by atoms with E-state index in [0.29, 0.717) is 17.4 Å². The van der Waals surface area contributed by atoms with Gasteiger partial charge in [-0.05, 0) is 43.3 Å². The summed E-state index contributed by atoms with van der Waals surface area (Å²) in [6.45, 7) is 2.41. The van der Waals surface area contributed by atoms with E-state index in [9.17, 15) is 13.2 Å². The first-order valence-electron chi connectivity index (χ1n) is 9.15. The fourth-order valence-electron chi connectivity index (χ4n) is 2.68.